The van der Waals surface area contributed by atoms with Crippen LogP contribution in [0.2, 0.25) is 0 Å². The zero-order valence-corrected chi connectivity index (χ0v) is 19.2. The van der Waals surface area contributed by atoms with Crippen LogP contribution in [0, 0.1) is 0 Å². The number of carbonyl (C=O) groups excluding carboxylic acids is 2. The molecule has 0 aliphatic carbocycles. The first-order chi connectivity index (χ1) is 15.4. The molecular formula is C21H24N2O7S2. The van der Waals surface area contributed by atoms with Crippen molar-refractivity contribution in [3.05, 3.63) is 28.7 Å². The average Bonchev–Trinajstić information content (AvgIpc) is 3.05. The standard InChI is InChI=1S/C21H24N2O7S2/c1-28-16-11-14(4-5-15(16)30-13-18(24)22-7-9-29-10-8-22)12-17-20(27)23(21(31)32-17)6-2-3-19(25)26/h4-5,11-12H,2-3,6-10,13H2,1H3,(H,25,26)/b17-12-. The minimum Gasteiger partial charge on any atom is -0.493 e. The highest BCUT2D eigenvalue weighted by molar-refractivity contribution is 8.26. The summed E-state index contributed by atoms with van der Waals surface area (Å²) in [5, 5.41) is 8.77. The minimum atomic E-state index is -0.910. The molecule has 3 rings (SSSR count). The van der Waals surface area contributed by atoms with E-state index in [-0.39, 0.29) is 31.4 Å². The van der Waals surface area contributed by atoms with Crippen LogP contribution in [0.4, 0.5) is 0 Å². The van der Waals surface area contributed by atoms with E-state index in [1.54, 1.807) is 29.2 Å². The van der Waals surface area contributed by atoms with Crippen LogP contribution in [0.3, 0.4) is 0 Å². The summed E-state index contributed by atoms with van der Waals surface area (Å²) in [5.41, 5.74) is 0.708. The number of ether oxygens (including phenoxy) is 3. The van der Waals surface area contributed by atoms with Gasteiger partial charge < -0.3 is 24.2 Å². The van der Waals surface area contributed by atoms with E-state index in [0.29, 0.717) is 59.0 Å². The molecule has 1 aromatic carbocycles. The topological polar surface area (TPSA) is 106 Å². The molecule has 0 radical (unpaired) electrons. The Morgan fingerprint density at radius 3 is 2.72 bits per heavy atom. The number of carboxylic acids is 1. The number of nitrogens with zero attached hydrogens (tertiary/aromatic N) is 2. The number of amides is 2. The lowest BCUT2D eigenvalue weighted by molar-refractivity contribution is -0.138. The predicted octanol–water partition coefficient (Wildman–Crippen LogP) is 2.00. The fourth-order valence-electron chi connectivity index (χ4n) is 3.17. The van der Waals surface area contributed by atoms with E-state index in [0.717, 1.165) is 0 Å². The van der Waals surface area contributed by atoms with Gasteiger partial charge in [-0.05, 0) is 30.2 Å². The first-order valence-electron chi connectivity index (χ1n) is 10.0. The van der Waals surface area contributed by atoms with Gasteiger partial charge in [0.2, 0.25) is 0 Å². The lowest BCUT2D eigenvalue weighted by Gasteiger charge is -2.26. The van der Waals surface area contributed by atoms with Crippen LogP contribution in [0.1, 0.15) is 18.4 Å². The Morgan fingerprint density at radius 1 is 1.28 bits per heavy atom. The van der Waals surface area contributed by atoms with Crippen LogP contribution in [0.25, 0.3) is 6.08 Å². The summed E-state index contributed by atoms with van der Waals surface area (Å²) in [6, 6.07) is 5.16. The molecule has 1 aromatic rings. The molecule has 2 saturated heterocycles. The monoisotopic (exact) mass is 480 g/mol. The van der Waals surface area contributed by atoms with Crippen molar-refractivity contribution in [3.8, 4) is 11.5 Å². The molecule has 0 saturated carbocycles. The second kappa shape index (κ2) is 11.3. The van der Waals surface area contributed by atoms with Gasteiger partial charge in [-0.2, -0.15) is 0 Å². The number of hydrogen-bond donors (Lipinski definition) is 1. The van der Waals surface area contributed by atoms with Gasteiger partial charge in [0.05, 0.1) is 25.2 Å². The number of methoxy groups -OCH3 is 1. The first-order valence-corrected chi connectivity index (χ1v) is 11.2. The van der Waals surface area contributed by atoms with Crippen LogP contribution in [-0.4, -0.2) is 83.6 Å². The van der Waals surface area contributed by atoms with E-state index in [4.69, 9.17) is 31.5 Å². The fourth-order valence-corrected chi connectivity index (χ4v) is 4.48. The summed E-state index contributed by atoms with van der Waals surface area (Å²) < 4.78 is 16.7. The molecule has 1 N–H and O–H groups in total. The van der Waals surface area contributed by atoms with Crippen molar-refractivity contribution in [3.63, 3.8) is 0 Å². The number of carbonyl (C=O) groups is 3. The number of thiocarbonyl (C=S) groups is 1. The Labute approximate surface area is 195 Å². The Bertz CT molecular complexity index is 929. The Kier molecular flexibility index (Phi) is 8.48. The molecule has 0 spiro atoms. The molecule has 32 heavy (non-hydrogen) atoms. The number of thioether (sulfide) groups is 1. The van der Waals surface area contributed by atoms with Gasteiger partial charge in [0.15, 0.2) is 18.1 Å². The van der Waals surface area contributed by atoms with E-state index in [1.165, 1.54) is 23.8 Å². The maximum Gasteiger partial charge on any atom is 0.303 e. The summed E-state index contributed by atoms with van der Waals surface area (Å²) >= 11 is 6.44. The van der Waals surface area contributed by atoms with Gasteiger partial charge in [0, 0.05) is 26.1 Å². The van der Waals surface area contributed by atoms with Crippen molar-refractivity contribution in [2.75, 3.05) is 46.6 Å². The van der Waals surface area contributed by atoms with Crippen molar-refractivity contribution in [2.24, 2.45) is 0 Å². The summed E-state index contributed by atoms with van der Waals surface area (Å²) in [6.45, 7) is 2.30. The van der Waals surface area contributed by atoms with Crippen LogP contribution < -0.4 is 9.47 Å². The molecule has 2 aliphatic heterocycles. The van der Waals surface area contributed by atoms with Gasteiger partial charge >= 0.3 is 5.97 Å². The maximum absolute atomic E-state index is 12.6. The second-order valence-electron chi connectivity index (χ2n) is 7.02. The van der Waals surface area contributed by atoms with Gasteiger partial charge in [-0.25, -0.2) is 0 Å². The summed E-state index contributed by atoms with van der Waals surface area (Å²) in [7, 11) is 1.50. The average molecular weight is 481 g/mol. The maximum atomic E-state index is 12.6. The molecule has 9 nitrogen and oxygen atoms in total. The number of benzene rings is 1. The molecule has 11 heteroatoms. The zero-order valence-electron chi connectivity index (χ0n) is 17.6. The lowest BCUT2D eigenvalue weighted by Crippen LogP contribution is -2.43. The van der Waals surface area contributed by atoms with Gasteiger partial charge in [0.25, 0.3) is 11.8 Å². The third-order valence-corrected chi connectivity index (χ3v) is 6.22. The molecule has 2 fully saturated rings. The van der Waals surface area contributed by atoms with E-state index in [1.807, 2.05) is 0 Å². The van der Waals surface area contributed by atoms with Crippen molar-refractivity contribution >= 4 is 52.2 Å². The quantitative estimate of drug-likeness (QED) is 0.420. The molecule has 2 heterocycles. The molecule has 0 unspecified atom stereocenters. The van der Waals surface area contributed by atoms with Gasteiger partial charge in [0.1, 0.15) is 4.32 Å². The third-order valence-electron chi connectivity index (χ3n) is 4.85. The normalized spacial score (nSPS) is 17.7. The van der Waals surface area contributed by atoms with Gasteiger partial charge in [-0.3, -0.25) is 19.3 Å². The summed E-state index contributed by atoms with van der Waals surface area (Å²) in [5.74, 6) is -0.420. The fraction of sp³-hybridized carbons (Fsp3) is 0.429. The Balaban J connectivity index is 1.64. The van der Waals surface area contributed by atoms with Crippen LogP contribution in [0.15, 0.2) is 23.1 Å². The summed E-state index contributed by atoms with van der Waals surface area (Å²) in [6.07, 6.45) is 2.00. The first kappa shape index (κ1) is 24.0. The Hall–Kier alpha value is -2.63. The Morgan fingerprint density at radius 2 is 2.03 bits per heavy atom. The lowest BCUT2D eigenvalue weighted by atomic mass is 10.2. The molecule has 0 atom stereocenters. The van der Waals surface area contributed by atoms with E-state index in [9.17, 15) is 14.4 Å². The molecule has 0 aromatic heterocycles. The van der Waals surface area contributed by atoms with Crippen molar-refractivity contribution in [1.29, 1.82) is 0 Å². The van der Waals surface area contributed by atoms with E-state index < -0.39 is 5.97 Å². The van der Waals surface area contributed by atoms with E-state index >= 15 is 0 Å². The largest absolute Gasteiger partial charge is 0.493 e. The van der Waals surface area contributed by atoms with Crippen molar-refractivity contribution in [1.82, 2.24) is 9.80 Å². The second-order valence-corrected chi connectivity index (χ2v) is 8.70. The molecular weight excluding hydrogens is 456 g/mol. The third kappa shape index (κ3) is 6.21. The SMILES string of the molecule is COc1cc(/C=C2\SC(=S)N(CCCC(=O)O)C2=O)ccc1OCC(=O)N1CCOCC1. The highest BCUT2D eigenvalue weighted by atomic mass is 32.2. The van der Waals surface area contributed by atoms with Gasteiger partial charge in [-0.1, -0.05) is 30.0 Å². The molecule has 2 amide bonds. The van der Waals surface area contributed by atoms with Crippen LogP contribution in [-0.2, 0) is 19.1 Å². The zero-order chi connectivity index (χ0) is 23.1. The van der Waals surface area contributed by atoms with Crippen LogP contribution >= 0.6 is 24.0 Å². The van der Waals surface area contributed by atoms with Crippen molar-refractivity contribution in [2.45, 2.75) is 12.8 Å². The molecule has 2 aliphatic rings. The number of carboxylic acid groups (broad SMARTS) is 1. The molecule has 0 bridgehead atoms. The molecule has 172 valence electrons. The van der Waals surface area contributed by atoms with Gasteiger partial charge in [-0.15, -0.1) is 0 Å². The predicted molar refractivity (Wildman–Crippen MR) is 123 cm³/mol. The van der Waals surface area contributed by atoms with Crippen molar-refractivity contribution < 1.29 is 33.7 Å². The van der Waals surface area contributed by atoms with Crippen LogP contribution in [0.5, 0.6) is 11.5 Å². The van der Waals surface area contributed by atoms with E-state index in [2.05, 4.69) is 0 Å². The highest BCUT2D eigenvalue weighted by Crippen LogP contribution is 2.35. The minimum absolute atomic E-state index is 0.0250. The number of aliphatic carboxylic acids is 1. The number of hydrogen-bond acceptors (Lipinski definition) is 8. The smallest absolute Gasteiger partial charge is 0.303 e. The number of rotatable bonds is 9. The number of morpholine rings is 1. The highest BCUT2D eigenvalue weighted by Gasteiger charge is 2.31. The summed E-state index contributed by atoms with van der Waals surface area (Å²) in [4.78, 5) is 39.2.